The summed E-state index contributed by atoms with van der Waals surface area (Å²) in [5, 5.41) is 0. The fraction of sp³-hybridized carbons (Fsp3) is 0.257. The van der Waals surface area contributed by atoms with Crippen molar-refractivity contribution in [2.24, 2.45) is 5.92 Å². The van der Waals surface area contributed by atoms with Crippen molar-refractivity contribution in [3.63, 3.8) is 0 Å². The molecule has 0 amide bonds. The molecule has 0 radical (unpaired) electrons. The van der Waals surface area contributed by atoms with Crippen LogP contribution >= 0.6 is 0 Å². The van der Waals surface area contributed by atoms with E-state index in [0.29, 0.717) is 29.7 Å². The van der Waals surface area contributed by atoms with Crippen molar-refractivity contribution in [2.45, 2.75) is 50.6 Å². The molecule has 1 nitrogen and oxygen atoms in total. The van der Waals surface area contributed by atoms with Gasteiger partial charge in [0.2, 0.25) is 0 Å². The summed E-state index contributed by atoms with van der Waals surface area (Å²) in [6.07, 6.45) is 3.41. The Balaban J connectivity index is 1.29. The standard InChI is InChI=1S/C35H28F8O/c1-2-3-4-20-5-7-21(8-6-20)22-10-14-28(31(38)15-22)35(42,43)44-25-11-13-26(30(37)19-25)23-9-12-27(29(36)16-23)24-17-32(39)34(41)33(40)18-24/h2,9-21H,1,3-8H2. The highest BCUT2D eigenvalue weighted by molar-refractivity contribution is 5.72. The molecule has 0 aliphatic heterocycles. The van der Waals surface area contributed by atoms with Crippen molar-refractivity contribution in [1.29, 1.82) is 0 Å². The van der Waals surface area contributed by atoms with E-state index in [1.165, 1.54) is 12.1 Å². The van der Waals surface area contributed by atoms with Gasteiger partial charge in [0.25, 0.3) is 0 Å². The molecular formula is C35H28F8O. The van der Waals surface area contributed by atoms with Crippen LogP contribution in [0.4, 0.5) is 35.1 Å². The molecule has 0 bridgehead atoms. The van der Waals surface area contributed by atoms with E-state index in [9.17, 15) is 26.3 Å². The Morgan fingerprint density at radius 1 is 0.682 bits per heavy atom. The summed E-state index contributed by atoms with van der Waals surface area (Å²) in [7, 11) is 0. The molecule has 0 saturated heterocycles. The summed E-state index contributed by atoms with van der Waals surface area (Å²) >= 11 is 0. The molecule has 5 rings (SSSR count). The van der Waals surface area contributed by atoms with E-state index in [-0.39, 0.29) is 28.2 Å². The van der Waals surface area contributed by atoms with Gasteiger partial charge in [0.05, 0.1) is 5.56 Å². The predicted molar refractivity (Wildman–Crippen MR) is 152 cm³/mol. The second-order valence-electron chi connectivity index (χ2n) is 11.0. The lowest BCUT2D eigenvalue weighted by Crippen LogP contribution is -2.24. The molecule has 0 spiro atoms. The monoisotopic (exact) mass is 616 g/mol. The Labute approximate surface area is 249 Å². The lowest BCUT2D eigenvalue weighted by atomic mass is 9.77. The summed E-state index contributed by atoms with van der Waals surface area (Å²) in [6.45, 7) is 3.74. The first kappa shape index (κ1) is 31.3. The van der Waals surface area contributed by atoms with E-state index < -0.39 is 52.3 Å². The third-order valence-corrected chi connectivity index (χ3v) is 8.17. The van der Waals surface area contributed by atoms with Gasteiger partial charge in [-0.05, 0) is 110 Å². The molecule has 0 heterocycles. The maximum atomic E-state index is 15.0. The van der Waals surface area contributed by atoms with Gasteiger partial charge in [-0.15, -0.1) is 6.58 Å². The third kappa shape index (κ3) is 6.66. The highest BCUT2D eigenvalue weighted by Crippen LogP contribution is 2.40. The van der Waals surface area contributed by atoms with Gasteiger partial charge in [0, 0.05) is 17.2 Å². The molecule has 9 heteroatoms. The van der Waals surface area contributed by atoms with E-state index in [2.05, 4.69) is 6.58 Å². The highest BCUT2D eigenvalue weighted by atomic mass is 19.3. The van der Waals surface area contributed by atoms with Crippen molar-refractivity contribution in [3.8, 4) is 28.0 Å². The molecule has 1 fully saturated rings. The minimum Gasteiger partial charge on any atom is -0.429 e. The molecule has 1 aliphatic carbocycles. The summed E-state index contributed by atoms with van der Waals surface area (Å²) in [5.41, 5.74) is -1.08. The topological polar surface area (TPSA) is 9.23 Å². The van der Waals surface area contributed by atoms with E-state index in [4.69, 9.17) is 4.74 Å². The van der Waals surface area contributed by atoms with Crippen LogP contribution in [0.15, 0.2) is 79.4 Å². The fourth-order valence-corrected chi connectivity index (χ4v) is 5.78. The molecule has 0 unspecified atom stereocenters. The van der Waals surface area contributed by atoms with Crippen molar-refractivity contribution in [2.75, 3.05) is 0 Å². The molecule has 230 valence electrons. The van der Waals surface area contributed by atoms with E-state index in [1.54, 1.807) is 0 Å². The number of allylic oxidation sites excluding steroid dienone is 1. The van der Waals surface area contributed by atoms with Crippen LogP contribution in [0.3, 0.4) is 0 Å². The van der Waals surface area contributed by atoms with Crippen LogP contribution < -0.4 is 4.74 Å². The van der Waals surface area contributed by atoms with Crippen molar-refractivity contribution in [1.82, 2.24) is 0 Å². The highest BCUT2D eigenvalue weighted by Gasteiger charge is 2.38. The number of rotatable bonds is 9. The zero-order chi connectivity index (χ0) is 31.6. The van der Waals surface area contributed by atoms with Gasteiger partial charge >= 0.3 is 6.11 Å². The summed E-state index contributed by atoms with van der Waals surface area (Å²) < 4.78 is 120. The molecule has 0 aromatic heterocycles. The molecule has 4 aromatic rings. The van der Waals surface area contributed by atoms with Crippen LogP contribution in [0.5, 0.6) is 5.75 Å². The number of ether oxygens (including phenoxy) is 1. The van der Waals surface area contributed by atoms with E-state index in [0.717, 1.165) is 74.9 Å². The molecular weight excluding hydrogens is 588 g/mol. The molecule has 0 N–H and O–H groups in total. The number of benzene rings is 4. The Hall–Kier alpha value is -4.14. The zero-order valence-corrected chi connectivity index (χ0v) is 23.5. The van der Waals surface area contributed by atoms with Crippen LogP contribution in [0, 0.1) is 40.8 Å². The van der Waals surface area contributed by atoms with Gasteiger partial charge in [0.1, 0.15) is 23.2 Å². The second kappa shape index (κ2) is 12.8. The van der Waals surface area contributed by atoms with Gasteiger partial charge in [0.15, 0.2) is 17.5 Å². The largest absolute Gasteiger partial charge is 0.429 e. The minimum absolute atomic E-state index is 0.0125. The first-order valence-corrected chi connectivity index (χ1v) is 14.2. The van der Waals surface area contributed by atoms with E-state index in [1.807, 2.05) is 6.08 Å². The molecule has 1 aliphatic rings. The first-order valence-electron chi connectivity index (χ1n) is 14.2. The lowest BCUT2D eigenvalue weighted by molar-refractivity contribution is -0.187. The van der Waals surface area contributed by atoms with Crippen LogP contribution in [-0.2, 0) is 6.11 Å². The molecule has 1 saturated carbocycles. The number of hydrogen-bond acceptors (Lipinski definition) is 1. The minimum atomic E-state index is -4.12. The average Bonchev–Trinajstić information content (AvgIpc) is 2.98. The Kier molecular flexibility index (Phi) is 9.13. The van der Waals surface area contributed by atoms with Gasteiger partial charge in [-0.1, -0.05) is 24.3 Å². The van der Waals surface area contributed by atoms with Gasteiger partial charge in [-0.25, -0.2) is 26.3 Å². The molecule has 0 atom stereocenters. The summed E-state index contributed by atoms with van der Waals surface area (Å²) in [6, 6.07) is 10.8. The fourth-order valence-electron chi connectivity index (χ4n) is 5.78. The Morgan fingerprint density at radius 3 is 1.91 bits per heavy atom. The Bertz CT molecular complexity index is 1650. The Morgan fingerprint density at radius 2 is 1.30 bits per heavy atom. The van der Waals surface area contributed by atoms with Crippen LogP contribution in [0.1, 0.15) is 55.6 Å². The first-order chi connectivity index (χ1) is 21.0. The van der Waals surface area contributed by atoms with Crippen LogP contribution in [0.25, 0.3) is 22.3 Å². The third-order valence-electron chi connectivity index (χ3n) is 8.17. The molecule has 4 aromatic carbocycles. The van der Waals surface area contributed by atoms with Crippen LogP contribution in [-0.4, -0.2) is 0 Å². The number of hydrogen-bond donors (Lipinski definition) is 0. The number of halogens is 8. The summed E-state index contributed by atoms with van der Waals surface area (Å²) in [4.78, 5) is 0. The van der Waals surface area contributed by atoms with Crippen LogP contribution in [0.2, 0.25) is 0 Å². The summed E-state index contributed by atoms with van der Waals surface area (Å²) in [5.74, 6) is -7.80. The predicted octanol–water partition coefficient (Wildman–Crippen LogP) is 11.2. The van der Waals surface area contributed by atoms with Gasteiger partial charge in [-0.3, -0.25) is 0 Å². The lowest BCUT2D eigenvalue weighted by Gasteiger charge is -2.29. The maximum absolute atomic E-state index is 15.0. The average molecular weight is 617 g/mol. The SMILES string of the molecule is C=CCCC1CCC(c2ccc(C(F)(F)Oc3ccc(-c4ccc(-c5cc(F)c(F)c(F)c5)c(F)c4)c(F)c3)c(F)c2)CC1. The van der Waals surface area contributed by atoms with E-state index >= 15 is 8.78 Å². The zero-order valence-electron chi connectivity index (χ0n) is 23.5. The van der Waals surface area contributed by atoms with Crippen molar-refractivity contribution >= 4 is 0 Å². The maximum Gasteiger partial charge on any atom is 0.429 e. The van der Waals surface area contributed by atoms with Crippen molar-refractivity contribution in [3.05, 3.63) is 125 Å². The normalized spacial score (nSPS) is 17.0. The van der Waals surface area contributed by atoms with Gasteiger partial charge in [-0.2, -0.15) is 8.78 Å². The number of alkyl halides is 2. The second-order valence-corrected chi connectivity index (χ2v) is 11.0. The smallest absolute Gasteiger partial charge is 0.429 e. The van der Waals surface area contributed by atoms with Gasteiger partial charge < -0.3 is 4.74 Å². The molecule has 44 heavy (non-hydrogen) atoms. The quantitative estimate of drug-likeness (QED) is 0.103. The van der Waals surface area contributed by atoms with Crippen molar-refractivity contribution < 1.29 is 39.9 Å².